The van der Waals surface area contributed by atoms with E-state index in [1.54, 1.807) is 44.4 Å². The second-order valence-electron chi connectivity index (χ2n) is 4.81. The van der Waals surface area contributed by atoms with Gasteiger partial charge in [-0.1, -0.05) is 6.07 Å². The molecule has 0 bridgehead atoms. The van der Waals surface area contributed by atoms with Gasteiger partial charge in [-0.3, -0.25) is 4.72 Å². The third-order valence-electron chi connectivity index (χ3n) is 3.15. The Kier molecular flexibility index (Phi) is 4.09. The zero-order chi connectivity index (χ0) is 15.6. The lowest BCUT2D eigenvalue weighted by Gasteiger charge is -2.12. The Bertz CT molecular complexity index is 770. The molecule has 0 spiro atoms. The van der Waals surface area contributed by atoms with Gasteiger partial charge in [0.05, 0.1) is 12.0 Å². The lowest BCUT2D eigenvalue weighted by molar-refractivity contribution is 0.412. The first-order chi connectivity index (χ1) is 9.83. The summed E-state index contributed by atoms with van der Waals surface area (Å²) >= 11 is 0. The Morgan fingerprint density at radius 1 is 1.05 bits per heavy atom. The Hall–Kier alpha value is -2.21. The third kappa shape index (κ3) is 3.28. The van der Waals surface area contributed by atoms with Crippen molar-refractivity contribution < 1.29 is 13.2 Å². The maximum atomic E-state index is 12.4. The molecule has 0 saturated carbocycles. The van der Waals surface area contributed by atoms with E-state index in [1.165, 1.54) is 6.07 Å². The van der Waals surface area contributed by atoms with Crippen LogP contribution in [0, 0.1) is 13.8 Å². The summed E-state index contributed by atoms with van der Waals surface area (Å²) in [6.07, 6.45) is 0. The quantitative estimate of drug-likeness (QED) is 0.851. The van der Waals surface area contributed by atoms with Gasteiger partial charge in [0.25, 0.3) is 10.0 Å². The molecular weight excluding hydrogens is 288 g/mol. The summed E-state index contributed by atoms with van der Waals surface area (Å²) in [5.41, 5.74) is 8.05. The molecule has 0 radical (unpaired) electrons. The fourth-order valence-corrected chi connectivity index (χ4v) is 3.39. The molecule has 5 nitrogen and oxygen atoms in total. The number of nitrogens with one attached hydrogen (secondary N) is 1. The summed E-state index contributed by atoms with van der Waals surface area (Å²) in [5, 5.41) is 0. The molecule has 21 heavy (non-hydrogen) atoms. The van der Waals surface area contributed by atoms with Gasteiger partial charge in [0, 0.05) is 11.4 Å². The minimum absolute atomic E-state index is 0.177. The highest BCUT2D eigenvalue weighted by Crippen LogP contribution is 2.25. The number of nitrogens with two attached hydrogens (primary N) is 1. The van der Waals surface area contributed by atoms with Gasteiger partial charge in [0.15, 0.2) is 0 Å². The van der Waals surface area contributed by atoms with E-state index in [9.17, 15) is 8.42 Å². The minimum atomic E-state index is -3.67. The van der Waals surface area contributed by atoms with Gasteiger partial charge in [0.1, 0.15) is 5.75 Å². The van der Waals surface area contributed by atoms with Crippen LogP contribution in [0.3, 0.4) is 0 Å². The van der Waals surface area contributed by atoms with Crippen molar-refractivity contribution in [2.75, 3.05) is 17.6 Å². The Morgan fingerprint density at radius 3 is 2.38 bits per heavy atom. The van der Waals surface area contributed by atoms with Crippen LogP contribution in [0.25, 0.3) is 0 Å². The maximum absolute atomic E-state index is 12.4. The molecule has 2 aromatic carbocycles. The van der Waals surface area contributed by atoms with E-state index in [1.807, 2.05) is 6.92 Å². The number of hydrogen-bond acceptors (Lipinski definition) is 4. The van der Waals surface area contributed by atoms with Crippen molar-refractivity contribution in [2.45, 2.75) is 18.7 Å². The van der Waals surface area contributed by atoms with Gasteiger partial charge in [0.2, 0.25) is 0 Å². The first-order valence-corrected chi connectivity index (χ1v) is 7.85. The minimum Gasteiger partial charge on any atom is -0.496 e. The number of rotatable bonds is 4. The molecule has 0 atom stereocenters. The molecule has 0 aliphatic rings. The summed E-state index contributed by atoms with van der Waals surface area (Å²) in [6.45, 7) is 3.58. The van der Waals surface area contributed by atoms with Crippen LogP contribution in [0.4, 0.5) is 11.4 Å². The van der Waals surface area contributed by atoms with Crippen LogP contribution < -0.4 is 15.2 Å². The molecular formula is C15H18N2O3S. The Balaban J connectivity index is 2.37. The van der Waals surface area contributed by atoms with Crippen LogP contribution >= 0.6 is 0 Å². The molecule has 0 unspecified atom stereocenters. The summed E-state index contributed by atoms with van der Waals surface area (Å²) in [4.78, 5) is 0.177. The summed E-state index contributed by atoms with van der Waals surface area (Å²) in [7, 11) is -2.10. The number of methoxy groups -OCH3 is 1. The van der Waals surface area contributed by atoms with Gasteiger partial charge in [-0.25, -0.2) is 8.42 Å². The maximum Gasteiger partial charge on any atom is 0.262 e. The van der Waals surface area contributed by atoms with E-state index in [0.717, 1.165) is 5.56 Å². The second kappa shape index (κ2) is 5.65. The number of sulfonamides is 1. The average molecular weight is 306 g/mol. The standard InChI is InChI=1S/C15H18N2O3S/c1-10-4-5-12(16)9-15(10)21(18,19)17-13-6-7-14(20-3)11(2)8-13/h4-9,17H,16H2,1-3H3. The van der Waals surface area contributed by atoms with Gasteiger partial charge >= 0.3 is 0 Å². The van der Waals surface area contributed by atoms with Crippen molar-refractivity contribution in [3.05, 3.63) is 47.5 Å². The van der Waals surface area contributed by atoms with Gasteiger partial charge in [-0.05, 0) is 55.3 Å². The van der Waals surface area contributed by atoms with Crippen molar-refractivity contribution in [1.82, 2.24) is 0 Å². The topological polar surface area (TPSA) is 81.4 Å². The summed E-state index contributed by atoms with van der Waals surface area (Å²) < 4.78 is 32.6. The molecule has 0 aliphatic carbocycles. The molecule has 112 valence electrons. The van der Waals surface area contributed by atoms with E-state index in [0.29, 0.717) is 22.7 Å². The predicted molar refractivity (Wildman–Crippen MR) is 84.1 cm³/mol. The molecule has 0 heterocycles. The zero-order valence-electron chi connectivity index (χ0n) is 12.2. The van der Waals surface area contributed by atoms with Crippen LogP contribution in [-0.4, -0.2) is 15.5 Å². The van der Waals surface area contributed by atoms with Gasteiger partial charge in [-0.15, -0.1) is 0 Å². The molecule has 0 saturated heterocycles. The average Bonchev–Trinajstić information content (AvgIpc) is 2.41. The molecule has 0 aliphatic heterocycles. The predicted octanol–water partition coefficient (Wildman–Crippen LogP) is 2.70. The van der Waals surface area contributed by atoms with E-state index < -0.39 is 10.0 Å². The first kappa shape index (κ1) is 15.2. The number of aryl methyl sites for hydroxylation is 2. The lowest BCUT2D eigenvalue weighted by Crippen LogP contribution is -2.14. The Morgan fingerprint density at radius 2 is 1.76 bits per heavy atom. The SMILES string of the molecule is COc1ccc(NS(=O)(=O)c2cc(N)ccc2C)cc1C. The highest BCUT2D eigenvalue weighted by Gasteiger charge is 2.17. The number of nitrogen functional groups attached to an aromatic ring is 1. The van der Waals surface area contributed by atoms with E-state index in [4.69, 9.17) is 10.5 Å². The highest BCUT2D eigenvalue weighted by molar-refractivity contribution is 7.92. The Labute approximate surface area is 124 Å². The van der Waals surface area contributed by atoms with Crippen LogP contribution in [0.1, 0.15) is 11.1 Å². The molecule has 2 rings (SSSR count). The number of benzene rings is 2. The normalized spacial score (nSPS) is 11.2. The number of anilines is 2. The monoisotopic (exact) mass is 306 g/mol. The number of ether oxygens (including phenoxy) is 1. The van der Waals surface area contributed by atoms with Gasteiger partial charge in [-0.2, -0.15) is 0 Å². The molecule has 0 amide bonds. The number of hydrogen-bond donors (Lipinski definition) is 2. The van der Waals surface area contributed by atoms with E-state index in [-0.39, 0.29) is 4.90 Å². The van der Waals surface area contributed by atoms with E-state index in [2.05, 4.69) is 4.72 Å². The van der Waals surface area contributed by atoms with Crippen LogP contribution in [0.5, 0.6) is 5.75 Å². The fraction of sp³-hybridized carbons (Fsp3) is 0.200. The van der Waals surface area contributed by atoms with E-state index >= 15 is 0 Å². The largest absolute Gasteiger partial charge is 0.496 e. The fourth-order valence-electron chi connectivity index (χ4n) is 2.06. The van der Waals surface area contributed by atoms with Crippen molar-refractivity contribution in [3.63, 3.8) is 0 Å². The lowest BCUT2D eigenvalue weighted by atomic mass is 10.2. The molecule has 6 heteroatoms. The third-order valence-corrected chi connectivity index (χ3v) is 4.67. The molecule has 2 aromatic rings. The molecule has 3 N–H and O–H groups in total. The first-order valence-electron chi connectivity index (χ1n) is 6.37. The second-order valence-corrected chi connectivity index (χ2v) is 6.47. The van der Waals surface area contributed by atoms with Crippen LogP contribution in [0.15, 0.2) is 41.3 Å². The van der Waals surface area contributed by atoms with Crippen molar-refractivity contribution in [3.8, 4) is 5.75 Å². The van der Waals surface area contributed by atoms with Crippen LogP contribution in [-0.2, 0) is 10.0 Å². The summed E-state index contributed by atoms with van der Waals surface area (Å²) in [5.74, 6) is 0.707. The molecule has 0 fully saturated rings. The smallest absolute Gasteiger partial charge is 0.262 e. The van der Waals surface area contributed by atoms with Gasteiger partial charge < -0.3 is 10.5 Å². The van der Waals surface area contributed by atoms with Crippen LogP contribution in [0.2, 0.25) is 0 Å². The summed E-state index contributed by atoms with van der Waals surface area (Å²) in [6, 6.07) is 9.91. The zero-order valence-corrected chi connectivity index (χ0v) is 13.0. The van der Waals surface area contributed by atoms with Crippen molar-refractivity contribution in [2.24, 2.45) is 0 Å². The van der Waals surface area contributed by atoms with Crippen molar-refractivity contribution >= 4 is 21.4 Å². The van der Waals surface area contributed by atoms with Crippen molar-refractivity contribution in [1.29, 1.82) is 0 Å². The highest BCUT2D eigenvalue weighted by atomic mass is 32.2. The molecule has 0 aromatic heterocycles.